The minimum absolute atomic E-state index is 0.190. The summed E-state index contributed by atoms with van der Waals surface area (Å²) in [6.07, 6.45) is 11.8. The Bertz CT molecular complexity index is 608. The van der Waals surface area contributed by atoms with Gasteiger partial charge in [0, 0.05) is 27.5 Å². The van der Waals surface area contributed by atoms with E-state index < -0.39 is 15.0 Å². The average molecular weight is 420 g/mol. The smallest absolute Gasteiger partial charge is 0.331 e. The van der Waals surface area contributed by atoms with E-state index in [4.69, 9.17) is 13.6 Å². The van der Waals surface area contributed by atoms with Crippen molar-refractivity contribution in [2.24, 2.45) is 0 Å². The van der Waals surface area contributed by atoms with Crippen molar-refractivity contribution >= 4 is 15.0 Å². The molecule has 1 atom stereocenters. The molecule has 0 amide bonds. The molecule has 1 unspecified atom stereocenters. The molecule has 27 heavy (non-hydrogen) atoms. The first-order valence-corrected chi connectivity index (χ1v) is 13.1. The molecule has 0 aliphatic heterocycles. The second-order valence-corrected chi connectivity index (χ2v) is 12.6. The van der Waals surface area contributed by atoms with E-state index in [2.05, 4.69) is 45.9 Å². The predicted molar refractivity (Wildman–Crippen MR) is 116 cm³/mol. The van der Waals surface area contributed by atoms with E-state index in [1.165, 1.54) is 38.0 Å². The zero-order chi connectivity index (χ0) is 20.9. The minimum Gasteiger partial charge on any atom is -0.331 e. The third kappa shape index (κ3) is 12.6. The Morgan fingerprint density at radius 2 is 1.22 bits per heavy atom. The highest BCUT2D eigenvalue weighted by molar-refractivity contribution is 7.73. The van der Waals surface area contributed by atoms with Crippen molar-refractivity contribution in [3.8, 4) is 0 Å². The fraction of sp³-hybridized carbons (Fsp3) is 0.700. The Hall–Kier alpha value is -0.440. The Kier molecular flexibility index (Phi) is 13.5. The average Bonchev–Trinajstić information content (AvgIpc) is 2.61. The second-order valence-electron chi connectivity index (χ2n) is 7.09. The molecule has 0 aromatic carbocycles. The van der Waals surface area contributed by atoms with Crippen molar-refractivity contribution in [1.29, 1.82) is 0 Å². The molecule has 5 nitrogen and oxygen atoms in total. The second kappa shape index (κ2) is 13.7. The number of hydrogen-bond acceptors (Lipinski definition) is 5. The largest absolute Gasteiger partial charge is 0.339 e. The van der Waals surface area contributed by atoms with Gasteiger partial charge in [0.05, 0.1) is 0 Å². The molecule has 0 aliphatic rings. The summed E-state index contributed by atoms with van der Waals surface area (Å²) in [5, 5.41) is 0. The van der Waals surface area contributed by atoms with Crippen LogP contribution in [-0.2, 0) is 22.7 Å². The van der Waals surface area contributed by atoms with Gasteiger partial charge in [0.2, 0.25) is 7.37 Å². The van der Waals surface area contributed by atoms with Crippen LogP contribution >= 0.6 is 15.0 Å². The van der Waals surface area contributed by atoms with Crippen LogP contribution in [0.1, 0.15) is 59.8 Å². The maximum absolute atomic E-state index is 12.8. The van der Waals surface area contributed by atoms with Crippen LogP contribution in [-0.4, -0.2) is 33.4 Å². The first-order valence-electron chi connectivity index (χ1n) is 9.38. The van der Waals surface area contributed by atoms with Crippen LogP contribution in [0.25, 0.3) is 0 Å². The monoisotopic (exact) mass is 420 g/mol. The molecule has 0 spiro atoms. The molecule has 7 heteroatoms. The van der Waals surface area contributed by atoms with Crippen LogP contribution in [0, 0.1) is 0 Å². The maximum atomic E-state index is 12.8. The molecule has 158 valence electrons. The van der Waals surface area contributed by atoms with Crippen molar-refractivity contribution in [2.75, 3.05) is 33.4 Å². The molecule has 0 rings (SSSR count). The van der Waals surface area contributed by atoms with Crippen molar-refractivity contribution < 1.29 is 22.7 Å². The summed E-state index contributed by atoms with van der Waals surface area (Å²) < 4.78 is 39.9. The van der Waals surface area contributed by atoms with Crippen LogP contribution in [0.15, 0.2) is 34.9 Å². The van der Waals surface area contributed by atoms with Gasteiger partial charge >= 0.3 is 7.60 Å². The van der Waals surface area contributed by atoms with Crippen LogP contribution in [0.2, 0.25) is 0 Å². The van der Waals surface area contributed by atoms with Crippen LogP contribution in [0.4, 0.5) is 0 Å². The Labute approximate surface area is 166 Å². The number of hydrogen-bond donors (Lipinski definition) is 0. The molecule has 0 radical (unpaired) electrons. The maximum Gasteiger partial charge on any atom is 0.339 e. The highest BCUT2D eigenvalue weighted by Gasteiger charge is 2.34. The summed E-state index contributed by atoms with van der Waals surface area (Å²) in [5.41, 5.74) is 4.04. The topological polar surface area (TPSA) is 61.8 Å². The van der Waals surface area contributed by atoms with E-state index in [1.54, 1.807) is 0 Å². The normalized spacial score (nSPS) is 15.5. The van der Waals surface area contributed by atoms with Gasteiger partial charge in [0.15, 0.2) is 0 Å². The van der Waals surface area contributed by atoms with E-state index in [9.17, 15) is 9.13 Å². The van der Waals surface area contributed by atoms with Gasteiger partial charge in [-0.3, -0.25) is 9.13 Å². The third-order valence-corrected chi connectivity index (χ3v) is 10.2. The SMILES string of the molecule is COP(=O)(CC/C=C(\C)CC/C=C(\C)CCC=C(C)C)CP(=O)(OC)OC. The lowest BCUT2D eigenvalue weighted by Crippen LogP contribution is -2.01. The summed E-state index contributed by atoms with van der Waals surface area (Å²) >= 11 is 0. The van der Waals surface area contributed by atoms with Gasteiger partial charge in [-0.25, -0.2) is 0 Å². The Morgan fingerprint density at radius 1 is 0.741 bits per heavy atom. The van der Waals surface area contributed by atoms with E-state index in [0.717, 1.165) is 25.7 Å². The van der Waals surface area contributed by atoms with E-state index in [0.29, 0.717) is 12.6 Å². The molecular formula is C20H38O5P2. The highest BCUT2D eigenvalue weighted by Crippen LogP contribution is 2.62. The number of rotatable bonds is 14. The molecule has 0 bridgehead atoms. The zero-order valence-corrected chi connectivity index (χ0v) is 19.9. The van der Waals surface area contributed by atoms with Crippen molar-refractivity contribution in [1.82, 2.24) is 0 Å². The molecule has 0 aromatic rings. The van der Waals surface area contributed by atoms with Gasteiger partial charge in [-0.05, 0) is 59.8 Å². The van der Waals surface area contributed by atoms with Crippen LogP contribution in [0.3, 0.4) is 0 Å². The Balaban J connectivity index is 4.46. The van der Waals surface area contributed by atoms with Gasteiger partial charge in [0.1, 0.15) is 5.90 Å². The van der Waals surface area contributed by atoms with E-state index >= 15 is 0 Å². The first-order chi connectivity index (χ1) is 12.6. The molecule has 0 N–H and O–H groups in total. The standard InChI is InChI=1S/C20H38O5P2/c1-18(2)11-8-12-19(3)13-9-14-20(4)15-10-16-26(21,23-5)17-27(22,24-6)25-7/h11,13,15H,8-10,12,14,16-17H2,1-7H3/b19-13+,20-15+. The molecule has 0 aromatic heterocycles. The summed E-state index contributed by atoms with van der Waals surface area (Å²) in [4.78, 5) is 0. The van der Waals surface area contributed by atoms with Gasteiger partial charge in [0.25, 0.3) is 0 Å². The molecule has 0 fully saturated rings. The summed E-state index contributed by atoms with van der Waals surface area (Å²) in [5.74, 6) is -0.190. The van der Waals surface area contributed by atoms with Gasteiger partial charge in [-0.2, -0.15) is 0 Å². The van der Waals surface area contributed by atoms with Gasteiger partial charge in [-0.1, -0.05) is 34.9 Å². The van der Waals surface area contributed by atoms with E-state index in [1.807, 2.05) is 0 Å². The lowest BCUT2D eigenvalue weighted by Gasteiger charge is -2.20. The lowest BCUT2D eigenvalue weighted by molar-refractivity contribution is 0.278. The summed E-state index contributed by atoms with van der Waals surface area (Å²) in [7, 11) is -2.42. The van der Waals surface area contributed by atoms with Crippen LogP contribution < -0.4 is 0 Å². The van der Waals surface area contributed by atoms with Crippen LogP contribution in [0.5, 0.6) is 0 Å². The Morgan fingerprint density at radius 3 is 1.67 bits per heavy atom. The minimum atomic E-state index is -3.35. The zero-order valence-electron chi connectivity index (χ0n) is 18.1. The van der Waals surface area contributed by atoms with Crippen molar-refractivity contribution in [2.45, 2.75) is 59.8 Å². The fourth-order valence-corrected chi connectivity index (χ4v) is 7.44. The summed E-state index contributed by atoms with van der Waals surface area (Å²) in [6, 6.07) is 0. The van der Waals surface area contributed by atoms with Crippen molar-refractivity contribution in [3.63, 3.8) is 0 Å². The molecular weight excluding hydrogens is 382 g/mol. The van der Waals surface area contributed by atoms with Gasteiger partial charge in [-0.15, -0.1) is 0 Å². The fourth-order valence-electron chi connectivity index (χ4n) is 2.52. The van der Waals surface area contributed by atoms with Crippen molar-refractivity contribution in [3.05, 3.63) is 34.9 Å². The molecule has 0 aliphatic carbocycles. The lowest BCUT2D eigenvalue weighted by atomic mass is 10.1. The quantitative estimate of drug-likeness (QED) is 0.220. The third-order valence-electron chi connectivity index (χ3n) is 4.36. The van der Waals surface area contributed by atoms with Gasteiger partial charge < -0.3 is 13.6 Å². The van der Waals surface area contributed by atoms with E-state index in [-0.39, 0.29) is 5.90 Å². The molecule has 0 saturated carbocycles. The molecule has 0 heterocycles. The highest BCUT2D eigenvalue weighted by atomic mass is 31.2. The number of allylic oxidation sites excluding steroid dienone is 6. The first kappa shape index (κ1) is 26.6. The summed E-state index contributed by atoms with van der Waals surface area (Å²) in [6.45, 7) is 8.51. The molecule has 0 saturated heterocycles. The predicted octanol–water partition coefficient (Wildman–Crippen LogP) is 7.16.